The van der Waals surface area contributed by atoms with Crippen molar-refractivity contribution in [1.82, 2.24) is 4.98 Å². The van der Waals surface area contributed by atoms with Gasteiger partial charge in [0, 0.05) is 37.6 Å². The van der Waals surface area contributed by atoms with Crippen LogP contribution in [0.5, 0.6) is 0 Å². The van der Waals surface area contributed by atoms with Crippen LogP contribution in [-0.4, -0.2) is 4.98 Å². The van der Waals surface area contributed by atoms with E-state index >= 15 is 0 Å². The van der Waals surface area contributed by atoms with Gasteiger partial charge in [0.05, 0.1) is 5.52 Å². The molecule has 0 radical (unpaired) electrons. The van der Waals surface area contributed by atoms with E-state index in [4.69, 9.17) is 9.40 Å². The van der Waals surface area contributed by atoms with E-state index in [1.807, 2.05) is 109 Å². The second-order valence-corrected chi connectivity index (χ2v) is 13.4. The second-order valence-electron chi connectivity index (χ2n) is 10.7. The van der Waals surface area contributed by atoms with Crippen LogP contribution in [0.25, 0.3) is 55.2 Å². The van der Waals surface area contributed by atoms with E-state index in [9.17, 15) is 4.57 Å². The Kier molecular flexibility index (Phi) is 6.06. The Morgan fingerprint density at radius 1 is 0.488 bits per heavy atom. The maximum atomic E-state index is 14.9. The molecule has 0 aliphatic rings. The molecule has 8 aromatic rings. The van der Waals surface area contributed by atoms with Crippen LogP contribution in [0.1, 0.15) is 0 Å². The van der Waals surface area contributed by atoms with Crippen molar-refractivity contribution in [2.24, 2.45) is 0 Å². The number of furan rings is 1. The van der Waals surface area contributed by atoms with Crippen molar-refractivity contribution in [3.63, 3.8) is 0 Å². The summed E-state index contributed by atoms with van der Waals surface area (Å²) in [4.78, 5) is 5.15. The van der Waals surface area contributed by atoms with Gasteiger partial charge in [0.15, 0.2) is 12.7 Å². The molecule has 4 heteroatoms. The van der Waals surface area contributed by atoms with Crippen LogP contribution in [0.4, 0.5) is 0 Å². The number of aromatic nitrogens is 1. The molecule has 6 aromatic carbocycles. The summed E-state index contributed by atoms with van der Waals surface area (Å²) in [6, 6.07) is 52.4. The fourth-order valence-corrected chi connectivity index (χ4v) is 8.78. The molecular formula is C39H26NO2P. The molecule has 0 saturated carbocycles. The van der Waals surface area contributed by atoms with Gasteiger partial charge in [0.25, 0.3) is 0 Å². The topological polar surface area (TPSA) is 43.1 Å². The standard InChI is InChI=1S/C39H26NO2P/c41-43(29-15-6-2-7-16-29,30-17-8-3-9-18-30)31-25-23-27(24-26-31)32-20-12-21-34-36(32)37-33-19-10-11-22-35(33)42-39(37)38(40-34)28-13-4-1-5-14-28/h1-26H. The molecule has 0 N–H and O–H groups in total. The lowest BCUT2D eigenvalue weighted by Gasteiger charge is -2.20. The molecule has 0 aliphatic heterocycles. The van der Waals surface area contributed by atoms with Crippen molar-refractivity contribution in [3.8, 4) is 22.4 Å². The molecular weight excluding hydrogens is 545 g/mol. The van der Waals surface area contributed by atoms with Gasteiger partial charge < -0.3 is 8.98 Å². The fraction of sp³-hybridized carbons (Fsp3) is 0. The average Bonchev–Trinajstić information content (AvgIpc) is 3.48. The van der Waals surface area contributed by atoms with E-state index in [-0.39, 0.29) is 0 Å². The minimum atomic E-state index is -3.07. The highest BCUT2D eigenvalue weighted by atomic mass is 31.2. The number of nitrogens with zero attached hydrogens (tertiary/aromatic N) is 1. The van der Waals surface area contributed by atoms with Gasteiger partial charge in [-0.2, -0.15) is 0 Å². The first kappa shape index (κ1) is 25.5. The third kappa shape index (κ3) is 4.13. The minimum absolute atomic E-state index is 0.779. The first-order valence-electron chi connectivity index (χ1n) is 14.3. The number of pyridine rings is 1. The highest BCUT2D eigenvalue weighted by Gasteiger charge is 2.29. The van der Waals surface area contributed by atoms with E-state index in [0.717, 1.165) is 71.1 Å². The Bertz CT molecular complexity index is 2250. The lowest BCUT2D eigenvalue weighted by molar-refractivity contribution is 0.592. The van der Waals surface area contributed by atoms with Crippen molar-refractivity contribution in [3.05, 3.63) is 158 Å². The molecule has 204 valence electrons. The average molecular weight is 572 g/mol. The molecule has 0 fully saturated rings. The van der Waals surface area contributed by atoms with Crippen molar-refractivity contribution in [2.45, 2.75) is 0 Å². The minimum Gasteiger partial charge on any atom is -0.454 e. The summed E-state index contributed by atoms with van der Waals surface area (Å²) in [5.41, 5.74) is 6.45. The molecule has 43 heavy (non-hydrogen) atoms. The lowest BCUT2D eigenvalue weighted by Crippen LogP contribution is -2.24. The highest BCUT2D eigenvalue weighted by molar-refractivity contribution is 7.85. The van der Waals surface area contributed by atoms with Crippen LogP contribution >= 0.6 is 7.14 Å². The van der Waals surface area contributed by atoms with Crippen LogP contribution in [0.15, 0.2) is 162 Å². The summed E-state index contributed by atoms with van der Waals surface area (Å²) < 4.78 is 21.4. The first-order chi connectivity index (χ1) is 21.2. The highest BCUT2D eigenvalue weighted by Crippen LogP contribution is 2.45. The molecule has 2 heterocycles. The van der Waals surface area contributed by atoms with E-state index in [1.54, 1.807) is 0 Å². The summed E-state index contributed by atoms with van der Waals surface area (Å²) in [6.07, 6.45) is 0. The van der Waals surface area contributed by atoms with Crippen LogP contribution < -0.4 is 15.9 Å². The molecule has 0 bridgehead atoms. The molecule has 8 rings (SSSR count). The Balaban J connectivity index is 1.35. The van der Waals surface area contributed by atoms with Gasteiger partial charge in [0.2, 0.25) is 0 Å². The van der Waals surface area contributed by atoms with Crippen LogP contribution in [0, 0.1) is 0 Å². The van der Waals surface area contributed by atoms with Crippen molar-refractivity contribution in [1.29, 1.82) is 0 Å². The molecule has 2 aromatic heterocycles. The zero-order valence-electron chi connectivity index (χ0n) is 23.2. The molecule has 3 nitrogen and oxygen atoms in total. The Labute approximate surface area is 249 Å². The molecule has 0 atom stereocenters. The van der Waals surface area contributed by atoms with Crippen molar-refractivity contribution >= 4 is 55.9 Å². The number of para-hydroxylation sites is 1. The van der Waals surface area contributed by atoms with Gasteiger partial charge in [-0.05, 0) is 23.3 Å². The van der Waals surface area contributed by atoms with E-state index < -0.39 is 7.14 Å². The van der Waals surface area contributed by atoms with Gasteiger partial charge in [-0.25, -0.2) is 4.98 Å². The van der Waals surface area contributed by atoms with Gasteiger partial charge in [-0.15, -0.1) is 0 Å². The zero-order chi connectivity index (χ0) is 28.8. The third-order valence-electron chi connectivity index (χ3n) is 8.16. The number of hydrogen-bond acceptors (Lipinski definition) is 3. The number of hydrogen-bond donors (Lipinski definition) is 0. The van der Waals surface area contributed by atoms with Gasteiger partial charge in [-0.1, -0.05) is 146 Å². The maximum Gasteiger partial charge on any atom is 0.171 e. The third-order valence-corrected chi connectivity index (χ3v) is 11.2. The Morgan fingerprint density at radius 3 is 1.74 bits per heavy atom. The molecule has 0 amide bonds. The molecule has 0 unspecified atom stereocenters. The van der Waals surface area contributed by atoms with E-state index in [1.165, 1.54) is 0 Å². The lowest BCUT2D eigenvalue weighted by atomic mass is 9.95. The SMILES string of the molecule is O=P(c1ccccc1)(c1ccccc1)c1ccc(-c2cccc3nc(-c4ccccc4)c4oc5ccccc5c4c23)cc1. The zero-order valence-corrected chi connectivity index (χ0v) is 24.1. The predicted octanol–water partition coefficient (Wildman–Crippen LogP) is 9.11. The predicted molar refractivity (Wildman–Crippen MR) is 179 cm³/mol. The quantitative estimate of drug-likeness (QED) is 0.194. The monoisotopic (exact) mass is 571 g/mol. The summed E-state index contributed by atoms with van der Waals surface area (Å²) in [6.45, 7) is 0. The van der Waals surface area contributed by atoms with E-state index in [2.05, 4.69) is 48.5 Å². The Morgan fingerprint density at radius 2 is 1.07 bits per heavy atom. The number of rotatable bonds is 5. The van der Waals surface area contributed by atoms with Crippen molar-refractivity contribution < 1.29 is 8.98 Å². The summed E-state index contributed by atoms with van der Waals surface area (Å²) in [5, 5.41) is 5.61. The summed E-state index contributed by atoms with van der Waals surface area (Å²) in [7, 11) is -3.07. The maximum absolute atomic E-state index is 14.9. The number of benzene rings is 6. The van der Waals surface area contributed by atoms with Crippen LogP contribution in [-0.2, 0) is 4.57 Å². The Hall–Kier alpha value is -5.24. The molecule has 0 aliphatic carbocycles. The second kappa shape index (κ2) is 10.2. The summed E-state index contributed by atoms with van der Waals surface area (Å²) >= 11 is 0. The van der Waals surface area contributed by atoms with Gasteiger partial charge in [0.1, 0.15) is 11.3 Å². The fourth-order valence-electron chi connectivity index (χ4n) is 6.13. The normalized spacial score (nSPS) is 11.8. The van der Waals surface area contributed by atoms with Gasteiger partial charge in [-0.3, -0.25) is 0 Å². The molecule has 0 spiro atoms. The van der Waals surface area contributed by atoms with Crippen LogP contribution in [0.3, 0.4) is 0 Å². The smallest absolute Gasteiger partial charge is 0.171 e. The number of fused-ring (bicyclic) bond motifs is 5. The van der Waals surface area contributed by atoms with Gasteiger partial charge >= 0.3 is 0 Å². The van der Waals surface area contributed by atoms with E-state index in [0.29, 0.717) is 0 Å². The molecule has 0 saturated heterocycles. The largest absolute Gasteiger partial charge is 0.454 e. The summed E-state index contributed by atoms with van der Waals surface area (Å²) in [5.74, 6) is 0. The first-order valence-corrected chi connectivity index (χ1v) is 16.0. The van der Waals surface area contributed by atoms with Crippen LogP contribution in [0.2, 0.25) is 0 Å². The van der Waals surface area contributed by atoms with Crippen molar-refractivity contribution in [2.75, 3.05) is 0 Å².